The van der Waals surface area contributed by atoms with E-state index in [1.165, 1.54) is 0 Å². The predicted molar refractivity (Wildman–Crippen MR) is 75.1 cm³/mol. The first-order valence-corrected chi connectivity index (χ1v) is 6.55. The van der Waals surface area contributed by atoms with Crippen LogP contribution in [0.2, 0.25) is 5.02 Å². The fourth-order valence-electron chi connectivity index (χ4n) is 1.51. The number of hydrogen-bond acceptors (Lipinski definition) is 5. The van der Waals surface area contributed by atoms with E-state index in [1.54, 1.807) is 0 Å². The highest BCUT2D eigenvalue weighted by Crippen LogP contribution is 2.12. The Hall–Kier alpha value is -1.59. The number of anilines is 1. The molecular weight excluding hydrogens is 264 g/mol. The first-order chi connectivity index (χ1) is 9.13. The van der Waals surface area contributed by atoms with E-state index >= 15 is 0 Å². The van der Waals surface area contributed by atoms with Gasteiger partial charge in [0.05, 0.1) is 6.54 Å². The molecule has 0 aliphatic heterocycles. The standard InChI is InChI=1S/C13H17ClN4O/c1-9(2)15-8-12-17-18-13(19-12)16-7-10-4-3-5-11(14)6-10/h3-6,9,15H,7-8H2,1-2H3,(H,16,18). The van der Waals surface area contributed by atoms with Gasteiger partial charge in [-0.1, -0.05) is 42.7 Å². The Bertz CT molecular complexity index is 527. The molecule has 0 aliphatic carbocycles. The van der Waals surface area contributed by atoms with Crippen molar-refractivity contribution in [3.8, 4) is 0 Å². The van der Waals surface area contributed by atoms with Crippen molar-refractivity contribution in [2.24, 2.45) is 0 Å². The molecule has 2 N–H and O–H groups in total. The van der Waals surface area contributed by atoms with E-state index in [-0.39, 0.29) is 0 Å². The second kappa shape index (κ2) is 6.54. The summed E-state index contributed by atoms with van der Waals surface area (Å²) in [6.07, 6.45) is 0. The van der Waals surface area contributed by atoms with Gasteiger partial charge in [-0.05, 0) is 17.7 Å². The van der Waals surface area contributed by atoms with Crippen LogP contribution in [0, 0.1) is 0 Å². The average molecular weight is 281 g/mol. The average Bonchev–Trinajstić information content (AvgIpc) is 2.82. The summed E-state index contributed by atoms with van der Waals surface area (Å²) in [7, 11) is 0. The molecular formula is C13H17ClN4O. The highest BCUT2D eigenvalue weighted by atomic mass is 35.5. The van der Waals surface area contributed by atoms with E-state index in [2.05, 4.69) is 34.7 Å². The summed E-state index contributed by atoms with van der Waals surface area (Å²) < 4.78 is 5.46. The lowest BCUT2D eigenvalue weighted by Crippen LogP contribution is -2.21. The van der Waals surface area contributed by atoms with Crippen LogP contribution in [0.25, 0.3) is 0 Å². The zero-order valence-corrected chi connectivity index (χ0v) is 11.7. The first-order valence-electron chi connectivity index (χ1n) is 6.17. The number of nitrogens with one attached hydrogen (secondary N) is 2. The Kier molecular flexibility index (Phi) is 4.76. The van der Waals surface area contributed by atoms with Crippen molar-refractivity contribution in [3.05, 3.63) is 40.7 Å². The molecule has 1 aromatic carbocycles. The molecule has 6 heteroatoms. The molecule has 2 aromatic rings. The van der Waals surface area contributed by atoms with Gasteiger partial charge < -0.3 is 15.1 Å². The molecule has 0 aliphatic rings. The molecule has 0 spiro atoms. The molecule has 0 atom stereocenters. The van der Waals surface area contributed by atoms with Crippen molar-refractivity contribution in [2.75, 3.05) is 5.32 Å². The maximum Gasteiger partial charge on any atom is 0.315 e. The minimum Gasteiger partial charge on any atom is -0.407 e. The molecule has 0 radical (unpaired) electrons. The zero-order chi connectivity index (χ0) is 13.7. The van der Waals surface area contributed by atoms with Gasteiger partial charge in [0.2, 0.25) is 5.89 Å². The second-order valence-electron chi connectivity index (χ2n) is 4.52. The Labute approximate surface area is 117 Å². The first kappa shape index (κ1) is 13.8. The van der Waals surface area contributed by atoms with Crippen LogP contribution >= 0.6 is 11.6 Å². The largest absolute Gasteiger partial charge is 0.407 e. The summed E-state index contributed by atoms with van der Waals surface area (Å²) in [4.78, 5) is 0. The van der Waals surface area contributed by atoms with E-state index in [1.807, 2.05) is 24.3 Å². The Morgan fingerprint density at radius 1 is 1.26 bits per heavy atom. The predicted octanol–water partition coefficient (Wildman–Crippen LogP) is 2.83. The number of rotatable bonds is 6. The van der Waals surface area contributed by atoms with E-state index in [9.17, 15) is 0 Å². The highest BCUT2D eigenvalue weighted by Gasteiger charge is 2.06. The van der Waals surface area contributed by atoms with Crippen LogP contribution in [-0.2, 0) is 13.1 Å². The fourth-order valence-corrected chi connectivity index (χ4v) is 1.73. The molecule has 0 saturated heterocycles. The van der Waals surface area contributed by atoms with Crippen molar-refractivity contribution < 1.29 is 4.42 Å². The maximum absolute atomic E-state index is 5.91. The van der Waals surface area contributed by atoms with Gasteiger partial charge in [-0.15, -0.1) is 5.10 Å². The second-order valence-corrected chi connectivity index (χ2v) is 4.96. The monoisotopic (exact) mass is 280 g/mol. The molecule has 19 heavy (non-hydrogen) atoms. The third kappa shape index (κ3) is 4.54. The summed E-state index contributed by atoms with van der Waals surface area (Å²) in [5, 5.41) is 14.9. The minimum absolute atomic E-state index is 0.384. The summed E-state index contributed by atoms with van der Waals surface area (Å²) in [6.45, 7) is 5.30. The topological polar surface area (TPSA) is 63.0 Å². The van der Waals surface area contributed by atoms with E-state index < -0.39 is 0 Å². The summed E-state index contributed by atoms with van der Waals surface area (Å²) in [6, 6.07) is 8.43. The van der Waals surface area contributed by atoms with Gasteiger partial charge in [0, 0.05) is 17.6 Å². The quantitative estimate of drug-likeness (QED) is 0.852. The zero-order valence-electron chi connectivity index (χ0n) is 11.0. The van der Waals surface area contributed by atoms with Crippen molar-refractivity contribution in [1.82, 2.24) is 15.5 Å². The molecule has 0 amide bonds. The van der Waals surface area contributed by atoms with Crippen molar-refractivity contribution in [2.45, 2.75) is 33.0 Å². The van der Waals surface area contributed by atoms with Gasteiger partial charge in [-0.25, -0.2) is 0 Å². The van der Waals surface area contributed by atoms with Crippen LogP contribution in [-0.4, -0.2) is 16.2 Å². The molecule has 102 valence electrons. The van der Waals surface area contributed by atoms with Gasteiger partial charge in [-0.2, -0.15) is 0 Å². The van der Waals surface area contributed by atoms with Crippen molar-refractivity contribution in [3.63, 3.8) is 0 Å². The fraction of sp³-hybridized carbons (Fsp3) is 0.385. The molecule has 0 bridgehead atoms. The Morgan fingerprint density at radius 3 is 2.84 bits per heavy atom. The SMILES string of the molecule is CC(C)NCc1nnc(NCc2cccc(Cl)c2)o1. The van der Waals surface area contributed by atoms with E-state index in [0.29, 0.717) is 36.1 Å². The van der Waals surface area contributed by atoms with E-state index in [4.69, 9.17) is 16.0 Å². The number of nitrogens with zero attached hydrogens (tertiary/aromatic N) is 2. The van der Waals surface area contributed by atoms with Crippen LogP contribution in [0.1, 0.15) is 25.3 Å². The van der Waals surface area contributed by atoms with Gasteiger partial charge in [0.25, 0.3) is 0 Å². The Balaban J connectivity index is 1.86. The summed E-state index contributed by atoms with van der Waals surface area (Å²) in [5.41, 5.74) is 1.06. The van der Waals surface area contributed by atoms with Gasteiger partial charge in [0.15, 0.2) is 0 Å². The van der Waals surface area contributed by atoms with Crippen LogP contribution in [0.15, 0.2) is 28.7 Å². The lowest BCUT2D eigenvalue weighted by molar-refractivity contribution is 0.458. The number of hydrogen-bond donors (Lipinski definition) is 2. The molecule has 1 heterocycles. The maximum atomic E-state index is 5.91. The summed E-state index contributed by atoms with van der Waals surface area (Å²) >= 11 is 5.91. The van der Waals surface area contributed by atoms with Crippen LogP contribution < -0.4 is 10.6 Å². The number of aromatic nitrogens is 2. The minimum atomic E-state index is 0.384. The molecule has 0 saturated carbocycles. The molecule has 2 rings (SSSR count). The van der Waals surface area contributed by atoms with Crippen LogP contribution in [0.3, 0.4) is 0 Å². The van der Waals surface area contributed by atoms with Crippen LogP contribution in [0.4, 0.5) is 6.01 Å². The third-order valence-corrected chi connectivity index (χ3v) is 2.70. The molecule has 0 unspecified atom stereocenters. The smallest absolute Gasteiger partial charge is 0.315 e. The molecule has 1 aromatic heterocycles. The van der Waals surface area contributed by atoms with E-state index in [0.717, 1.165) is 5.56 Å². The van der Waals surface area contributed by atoms with Crippen LogP contribution in [0.5, 0.6) is 0 Å². The Morgan fingerprint density at radius 2 is 2.11 bits per heavy atom. The van der Waals surface area contributed by atoms with Gasteiger partial charge in [0.1, 0.15) is 0 Å². The molecule has 5 nitrogen and oxygen atoms in total. The lowest BCUT2D eigenvalue weighted by atomic mass is 10.2. The number of benzene rings is 1. The van der Waals surface area contributed by atoms with Crippen molar-refractivity contribution >= 4 is 17.6 Å². The lowest BCUT2D eigenvalue weighted by Gasteiger charge is -2.04. The van der Waals surface area contributed by atoms with Gasteiger partial charge >= 0.3 is 6.01 Å². The third-order valence-electron chi connectivity index (χ3n) is 2.46. The highest BCUT2D eigenvalue weighted by molar-refractivity contribution is 6.30. The number of halogens is 1. The van der Waals surface area contributed by atoms with Crippen molar-refractivity contribution in [1.29, 1.82) is 0 Å². The molecule has 0 fully saturated rings. The summed E-state index contributed by atoms with van der Waals surface area (Å²) in [5.74, 6) is 0.572. The normalized spacial score (nSPS) is 10.9. The van der Waals surface area contributed by atoms with Gasteiger partial charge in [-0.3, -0.25) is 0 Å².